The highest BCUT2D eigenvalue weighted by Gasteiger charge is 2.08. The largest absolute Gasteiger partial charge is 0.350 e. The standard InChI is InChI=1S/C10H12ClN5O/c1-3-16-6-7(4-13-16)14-8-5-12-15(2)10(17)9(8)11/h4-6,14H,3H2,1-2H3. The molecule has 2 rings (SSSR count). The molecule has 0 aromatic carbocycles. The van der Waals surface area contributed by atoms with Gasteiger partial charge in [-0.2, -0.15) is 10.2 Å². The lowest BCUT2D eigenvalue weighted by atomic mass is 10.4. The molecular formula is C10H12ClN5O. The van der Waals surface area contributed by atoms with Crippen molar-refractivity contribution in [1.82, 2.24) is 19.6 Å². The van der Waals surface area contributed by atoms with Gasteiger partial charge in [-0.3, -0.25) is 9.48 Å². The van der Waals surface area contributed by atoms with E-state index in [1.165, 1.54) is 10.9 Å². The van der Waals surface area contributed by atoms with Gasteiger partial charge in [-0.25, -0.2) is 4.68 Å². The fraction of sp³-hybridized carbons (Fsp3) is 0.300. The Kier molecular flexibility index (Phi) is 3.14. The number of aromatic nitrogens is 4. The van der Waals surface area contributed by atoms with Crippen molar-refractivity contribution in [3.63, 3.8) is 0 Å². The van der Waals surface area contributed by atoms with Gasteiger partial charge in [-0.05, 0) is 6.92 Å². The molecule has 0 radical (unpaired) electrons. The van der Waals surface area contributed by atoms with Crippen LogP contribution in [0.15, 0.2) is 23.4 Å². The first-order valence-corrected chi connectivity index (χ1v) is 5.51. The average Bonchev–Trinajstić information content (AvgIpc) is 2.78. The van der Waals surface area contributed by atoms with Crippen LogP contribution in [0.1, 0.15) is 6.92 Å². The van der Waals surface area contributed by atoms with E-state index in [0.29, 0.717) is 5.69 Å². The summed E-state index contributed by atoms with van der Waals surface area (Å²) < 4.78 is 2.95. The zero-order valence-electron chi connectivity index (χ0n) is 9.51. The minimum Gasteiger partial charge on any atom is -0.350 e. The SMILES string of the molecule is CCn1cc(Nc2cnn(C)c(=O)c2Cl)cn1. The molecule has 0 bridgehead atoms. The third-order valence-electron chi connectivity index (χ3n) is 2.31. The predicted octanol–water partition coefficient (Wildman–Crippen LogP) is 1.39. The highest BCUT2D eigenvalue weighted by atomic mass is 35.5. The number of nitrogens with one attached hydrogen (secondary N) is 1. The van der Waals surface area contributed by atoms with Crippen molar-refractivity contribution in [1.29, 1.82) is 0 Å². The summed E-state index contributed by atoms with van der Waals surface area (Å²) >= 11 is 5.93. The molecule has 2 heterocycles. The summed E-state index contributed by atoms with van der Waals surface area (Å²) in [6, 6.07) is 0. The Morgan fingerprint density at radius 2 is 2.18 bits per heavy atom. The van der Waals surface area contributed by atoms with Gasteiger partial charge in [-0.15, -0.1) is 0 Å². The van der Waals surface area contributed by atoms with Crippen molar-refractivity contribution < 1.29 is 0 Å². The number of nitrogens with zero attached hydrogens (tertiary/aromatic N) is 4. The van der Waals surface area contributed by atoms with Gasteiger partial charge >= 0.3 is 0 Å². The molecule has 6 nitrogen and oxygen atoms in total. The van der Waals surface area contributed by atoms with Gasteiger partial charge in [0.2, 0.25) is 0 Å². The van der Waals surface area contributed by atoms with Crippen LogP contribution >= 0.6 is 11.6 Å². The van der Waals surface area contributed by atoms with Gasteiger partial charge < -0.3 is 5.32 Å². The Hall–Kier alpha value is -1.82. The van der Waals surface area contributed by atoms with Gasteiger partial charge in [0.1, 0.15) is 5.02 Å². The summed E-state index contributed by atoms with van der Waals surface area (Å²) in [7, 11) is 1.55. The molecule has 0 aliphatic carbocycles. The Labute approximate surface area is 103 Å². The maximum absolute atomic E-state index is 11.5. The van der Waals surface area contributed by atoms with Gasteiger partial charge in [0.25, 0.3) is 5.56 Å². The quantitative estimate of drug-likeness (QED) is 0.898. The summed E-state index contributed by atoms with van der Waals surface area (Å²) in [4.78, 5) is 11.5. The number of hydrogen-bond acceptors (Lipinski definition) is 4. The Bertz CT molecular complexity index is 589. The van der Waals surface area contributed by atoms with Crippen LogP contribution in [0.4, 0.5) is 11.4 Å². The number of hydrogen-bond donors (Lipinski definition) is 1. The third-order valence-corrected chi connectivity index (χ3v) is 2.68. The molecule has 2 aromatic heterocycles. The first-order chi connectivity index (χ1) is 8.11. The summed E-state index contributed by atoms with van der Waals surface area (Å²) in [5.41, 5.74) is 0.911. The molecule has 0 saturated heterocycles. The summed E-state index contributed by atoms with van der Waals surface area (Å²) in [6.45, 7) is 2.77. The Balaban J connectivity index is 2.30. The van der Waals surface area contributed by atoms with Crippen LogP contribution in [0.3, 0.4) is 0 Å². The topological polar surface area (TPSA) is 64.7 Å². The van der Waals surface area contributed by atoms with E-state index in [0.717, 1.165) is 12.2 Å². The molecule has 0 atom stereocenters. The molecule has 1 N–H and O–H groups in total. The molecule has 0 spiro atoms. The molecule has 0 saturated carbocycles. The van der Waals surface area contributed by atoms with Crippen LogP contribution in [0.25, 0.3) is 0 Å². The maximum atomic E-state index is 11.5. The van der Waals surface area contributed by atoms with Crippen molar-refractivity contribution in [2.45, 2.75) is 13.5 Å². The zero-order valence-corrected chi connectivity index (χ0v) is 10.3. The fourth-order valence-electron chi connectivity index (χ4n) is 1.35. The molecule has 0 amide bonds. The number of rotatable bonds is 3. The van der Waals surface area contributed by atoms with Gasteiger partial charge in [0.15, 0.2) is 0 Å². The lowest BCUT2D eigenvalue weighted by Crippen LogP contribution is -2.20. The van der Waals surface area contributed by atoms with Crippen LogP contribution < -0.4 is 10.9 Å². The summed E-state index contributed by atoms with van der Waals surface area (Å²) in [5.74, 6) is 0. The van der Waals surface area contributed by atoms with Crippen LogP contribution in [0.2, 0.25) is 5.02 Å². The highest BCUT2D eigenvalue weighted by Crippen LogP contribution is 2.20. The van der Waals surface area contributed by atoms with Crippen molar-refractivity contribution in [2.75, 3.05) is 5.32 Å². The second-order valence-electron chi connectivity index (χ2n) is 3.51. The monoisotopic (exact) mass is 253 g/mol. The maximum Gasteiger partial charge on any atom is 0.287 e. The van der Waals surface area contributed by atoms with Gasteiger partial charge in [0, 0.05) is 19.8 Å². The lowest BCUT2D eigenvalue weighted by molar-refractivity contribution is 0.660. The van der Waals surface area contributed by atoms with Crippen LogP contribution in [-0.4, -0.2) is 19.6 Å². The summed E-state index contributed by atoms with van der Waals surface area (Å²) in [5, 5.41) is 11.1. The first kappa shape index (κ1) is 11.7. The number of aryl methyl sites for hydroxylation is 2. The van der Waals surface area contributed by atoms with Crippen molar-refractivity contribution in [3.8, 4) is 0 Å². The number of anilines is 2. The average molecular weight is 254 g/mol. The molecule has 0 unspecified atom stereocenters. The molecule has 17 heavy (non-hydrogen) atoms. The second kappa shape index (κ2) is 4.58. The van der Waals surface area contributed by atoms with E-state index in [1.54, 1.807) is 17.9 Å². The van der Waals surface area contributed by atoms with E-state index < -0.39 is 0 Å². The zero-order chi connectivity index (χ0) is 12.4. The molecule has 90 valence electrons. The van der Waals surface area contributed by atoms with Crippen LogP contribution in [0, 0.1) is 0 Å². The lowest BCUT2D eigenvalue weighted by Gasteiger charge is -2.05. The smallest absolute Gasteiger partial charge is 0.287 e. The normalized spacial score (nSPS) is 10.5. The van der Waals surface area contributed by atoms with E-state index in [4.69, 9.17) is 11.6 Å². The van der Waals surface area contributed by atoms with E-state index in [2.05, 4.69) is 15.5 Å². The predicted molar refractivity (Wildman–Crippen MR) is 65.7 cm³/mol. The van der Waals surface area contributed by atoms with Gasteiger partial charge in [-0.1, -0.05) is 11.6 Å². The summed E-state index contributed by atoms with van der Waals surface area (Å²) in [6.07, 6.45) is 5.00. The molecular weight excluding hydrogens is 242 g/mol. The van der Waals surface area contributed by atoms with Crippen LogP contribution in [-0.2, 0) is 13.6 Å². The molecule has 7 heteroatoms. The fourth-order valence-corrected chi connectivity index (χ4v) is 1.57. The first-order valence-electron chi connectivity index (χ1n) is 5.13. The second-order valence-corrected chi connectivity index (χ2v) is 3.89. The minimum absolute atomic E-state index is 0.117. The van der Waals surface area contributed by atoms with Crippen molar-refractivity contribution >= 4 is 23.0 Å². The number of halogens is 1. The van der Waals surface area contributed by atoms with E-state index >= 15 is 0 Å². The van der Waals surface area contributed by atoms with Gasteiger partial charge in [0.05, 0.1) is 23.8 Å². The molecule has 2 aromatic rings. The van der Waals surface area contributed by atoms with Crippen LogP contribution in [0.5, 0.6) is 0 Å². The molecule has 0 aliphatic heterocycles. The molecule has 0 fully saturated rings. The molecule has 0 aliphatic rings. The van der Waals surface area contributed by atoms with E-state index in [-0.39, 0.29) is 10.6 Å². The Morgan fingerprint density at radius 3 is 2.82 bits per heavy atom. The highest BCUT2D eigenvalue weighted by molar-refractivity contribution is 6.33. The minimum atomic E-state index is -0.334. The van der Waals surface area contributed by atoms with Crippen molar-refractivity contribution in [2.24, 2.45) is 7.05 Å². The third kappa shape index (κ3) is 2.31. The van der Waals surface area contributed by atoms with Crippen molar-refractivity contribution in [3.05, 3.63) is 34.0 Å². The van der Waals surface area contributed by atoms with E-state index in [1.807, 2.05) is 13.1 Å². The van der Waals surface area contributed by atoms with E-state index in [9.17, 15) is 4.79 Å². The Morgan fingerprint density at radius 1 is 1.41 bits per heavy atom.